The van der Waals surface area contributed by atoms with Gasteiger partial charge in [-0.05, 0) is 60.2 Å². The second-order valence-electron chi connectivity index (χ2n) is 5.21. The molecule has 0 atom stereocenters. The lowest BCUT2D eigenvalue weighted by Crippen LogP contribution is -2.23. The number of amides is 1. The minimum atomic E-state index is -0.299. The number of nitrogens with zero attached hydrogens (tertiary/aromatic N) is 1. The summed E-state index contributed by atoms with van der Waals surface area (Å²) in [7, 11) is 0. The molecule has 120 valence electrons. The van der Waals surface area contributed by atoms with E-state index in [1.165, 1.54) is 12.1 Å². The van der Waals surface area contributed by atoms with Crippen LogP contribution in [0.4, 0.5) is 4.39 Å². The van der Waals surface area contributed by atoms with Gasteiger partial charge in [0.05, 0.1) is 5.69 Å². The average Bonchev–Trinajstić information content (AvgIpc) is 2.61. The van der Waals surface area contributed by atoms with E-state index in [0.717, 1.165) is 11.1 Å². The van der Waals surface area contributed by atoms with Gasteiger partial charge in [-0.25, -0.2) is 4.39 Å². The molecular formula is C19H14ClFN2O. The number of rotatable bonds is 4. The van der Waals surface area contributed by atoms with Crippen molar-refractivity contribution in [3.8, 4) is 11.3 Å². The maximum Gasteiger partial charge on any atom is 0.251 e. The van der Waals surface area contributed by atoms with Gasteiger partial charge in [-0.1, -0.05) is 17.7 Å². The van der Waals surface area contributed by atoms with Gasteiger partial charge >= 0.3 is 0 Å². The van der Waals surface area contributed by atoms with Crippen LogP contribution in [0.15, 0.2) is 66.9 Å². The summed E-state index contributed by atoms with van der Waals surface area (Å²) in [6, 6.07) is 16.5. The van der Waals surface area contributed by atoms with E-state index >= 15 is 0 Å². The molecule has 0 radical (unpaired) electrons. The maximum absolute atomic E-state index is 13.1. The number of carbonyl (C=O) groups is 1. The minimum Gasteiger partial charge on any atom is -0.348 e. The summed E-state index contributed by atoms with van der Waals surface area (Å²) in [5, 5.41) is 3.44. The lowest BCUT2D eigenvalue weighted by molar-refractivity contribution is 0.0951. The second kappa shape index (κ2) is 7.23. The molecule has 3 rings (SSSR count). The van der Waals surface area contributed by atoms with Crippen LogP contribution in [0, 0.1) is 5.82 Å². The smallest absolute Gasteiger partial charge is 0.251 e. The van der Waals surface area contributed by atoms with Gasteiger partial charge in [0.2, 0.25) is 0 Å². The molecule has 1 heterocycles. The van der Waals surface area contributed by atoms with E-state index < -0.39 is 0 Å². The lowest BCUT2D eigenvalue weighted by atomic mass is 10.1. The molecule has 1 N–H and O–H groups in total. The predicted molar refractivity (Wildman–Crippen MR) is 92.3 cm³/mol. The molecule has 0 aliphatic carbocycles. The standard InChI is InChI=1S/C19H14ClFN2O/c20-16-7-3-14(4-8-16)19(24)23-12-15-2-1-11-22-18(15)13-5-9-17(21)10-6-13/h1-11H,12H2,(H,23,24). The van der Waals surface area contributed by atoms with Crippen molar-refractivity contribution < 1.29 is 9.18 Å². The Balaban J connectivity index is 1.77. The Kier molecular flexibility index (Phi) is 4.87. The van der Waals surface area contributed by atoms with Crippen LogP contribution in [0.5, 0.6) is 0 Å². The van der Waals surface area contributed by atoms with Gasteiger partial charge in [0, 0.05) is 28.9 Å². The molecular weight excluding hydrogens is 327 g/mol. The van der Waals surface area contributed by atoms with E-state index in [1.807, 2.05) is 6.07 Å². The molecule has 0 unspecified atom stereocenters. The number of hydrogen-bond acceptors (Lipinski definition) is 2. The fraction of sp³-hybridized carbons (Fsp3) is 0.0526. The van der Waals surface area contributed by atoms with Gasteiger partial charge in [0.1, 0.15) is 5.82 Å². The number of hydrogen-bond donors (Lipinski definition) is 1. The van der Waals surface area contributed by atoms with Crippen LogP contribution in [-0.4, -0.2) is 10.9 Å². The highest BCUT2D eigenvalue weighted by molar-refractivity contribution is 6.30. The molecule has 0 saturated heterocycles. The number of aromatic nitrogens is 1. The quantitative estimate of drug-likeness (QED) is 0.761. The molecule has 0 bridgehead atoms. The molecule has 5 heteroatoms. The molecule has 0 spiro atoms. The molecule has 2 aromatic carbocycles. The summed E-state index contributed by atoms with van der Waals surface area (Å²) >= 11 is 5.82. The van der Waals surface area contributed by atoms with E-state index in [2.05, 4.69) is 10.3 Å². The Morgan fingerprint density at radius 3 is 2.46 bits per heavy atom. The molecule has 3 aromatic rings. The Labute approximate surface area is 144 Å². The van der Waals surface area contributed by atoms with E-state index in [-0.39, 0.29) is 11.7 Å². The van der Waals surface area contributed by atoms with Gasteiger partial charge < -0.3 is 5.32 Å². The second-order valence-corrected chi connectivity index (χ2v) is 5.64. The SMILES string of the molecule is O=C(NCc1cccnc1-c1ccc(F)cc1)c1ccc(Cl)cc1. The monoisotopic (exact) mass is 340 g/mol. The molecule has 0 saturated carbocycles. The number of pyridine rings is 1. The van der Waals surface area contributed by atoms with Crippen molar-refractivity contribution in [1.82, 2.24) is 10.3 Å². The summed E-state index contributed by atoms with van der Waals surface area (Å²) in [5.41, 5.74) is 2.90. The van der Waals surface area contributed by atoms with Gasteiger partial charge in [-0.3, -0.25) is 9.78 Å². The van der Waals surface area contributed by atoms with Crippen molar-refractivity contribution in [1.29, 1.82) is 0 Å². The largest absolute Gasteiger partial charge is 0.348 e. The van der Waals surface area contributed by atoms with Crippen molar-refractivity contribution in [2.24, 2.45) is 0 Å². The first-order chi connectivity index (χ1) is 11.6. The zero-order chi connectivity index (χ0) is 16.9. The zero-order valence-corrected chi connectivity index (χ0v) is 13.4. The van der Waals surface area contributed by atoms with Crippen molar-refractivity contribution >= 4 is 17.5 Å². The Bertz CT molecular complexity index is 848. The predicted octanol–water partition coefficient (Wildman–Crippen LogP) is 4.47. The Morgan fingerprint density at radius 1 is 1.04 bits per heavy atom. The number of halogens is 2. The summed E-state index contributed by atoms with van der Waals surface area (Å²) in [4.78, 5) is 16.5. The lowest BCUT2D eigenvalue weighted by Gasteiger charge is -2.10. The van der Waals surface area contributed by atoms with Gasteiger partial charge in [0.15, 0.2) is 0 Å². The summed E-state index contributed by atoms with van der Waals surface area (Å²) < 4.78 is 13.1. The summed E-state index contributed by atoms with van der Waals surface area (Å²) in [6.07, 6.45) is 1.67. The fourth-order valence-electron chi connectivity index (χ4n) is 2.33. The van der Waals surface area contributed by atoms with E-state index in [0.29, 0.717) is 22.8 Å². The van der Waals surface area contributed by atoms with Crippen LogP contribution in [0.2, 0.25) is 5.02 Å². The highest BCUT2D eigenvalue weighted by atomic mass is 35.5. The molecule has 0 aliphatic heterocycles. The normalized spacial score (nSPS) is 10.4. The number of nitrogens with one attached hydrogen (secondary N) is 1. The van der Waals surface area contributed by atoms with Crippen molar-refractivity contribution in [3.63, 3.8) is 0 Å². The maximum atomic E-state index is 13.1. The Morgan fingerprint density at radius 2 is 1.75 bits per heavy atom. The molecule has 0 aliphatic rings. The van der Waals surface area contributed by atoms with Crippen LogP contribution < -0.4 is 5.32 Å². The first-order valence-corrected chi connectivity index (χ1v) is 7.75. The van der Waals surface area contributed by atoms with Crippen LogP contribution in [0.25, 0.3) is 11.3 Å². The van der Waals surface area contributed by atoms with Crippen LogP contribution >= 0.6 is 11.6 Å². The minimum absolute atomic E-state index is 0.194. The third kappa shape index (κ3) is 3.78. The van der Waals surface area contributed by atoms with Gasteiger partial charge in [0.25, 0.3) is 5.91 Å². The van der Waals surface area contributed by atoms with Gasteiger partial charge in [-0.15, -0.1) is 0 Å². The average molecular weight is 341 g/mol. The topological polar surface area (TPSA) is 42.0 Å². The summed E-state index contributed by atoms with van der Waals surface area (Å²) in [6.45, 7) is 0.321. The number of carbonyl (C=O) groups excluding carboxylic acids is 1. The third-order valence-corrected chi connectivity index (χ3v) is 3.81. The van der Waals surface area contributed by atoms with Crippen molar-refractivity contribution in [2.75, 3.05) is 0 Å². The van der Waals surface area contributed by atoms with E-state index in [1.54, 1.807) is 48.7 Å². The van der Waals surface area contributed by atoms with E-state index in [9.17, 15) is 9.18 Å². The number of benzene rings is 2. The Hall–Kier alpha value is -2.72. The molecule has 1 amide bonds. The first kappa shape index (κ1) is 16.1. The highest BCUT2D eigenvalue weighted by Gasteiger charge is 2.09. The third-order valence-electron chi connectivity index (χ3n) is 3.55. The molecule has 3 nitrogen and oxygen atoms in total. The van der Waals surface area contributed by atoms with Gasteiger partial charge in [-0.2, -0.15) is 0 Å². The van der Waals surface area contributed by atoms with Crippen LogP contribution in [0.1, 0.15) is 15.9 Å². The zero-order valence-electron chi connectivity index (χ0n) is 12.7. The van der Waals surface area contributed by atoms with Crippen molar-refractivity contribution in [3.05, 3.63) is 88.8 Å². The first-order valence-electron chi connectivity index (χ1n) is 7.37. The fourth-order valence-corrected chi connectivity index (χ4v) is 2.45. The summed E-state index contributed by atoms with van der Waals surface area (Å²) in [5.74, 6) is -0.493. The molecule has 0 fully saturated rings. The molecule has 24 heavy (non-hydrogen) atoms. The van der Waals surface area contributed by atoms with Crippen LogP contribution in [0.3, 0.4) is 0 Å². The molecule has 1 aromatic heterocycles. The van der Waals surface area contributed by atoms with E-state index in [4.69, 9.17) is 11.6 Å². The highest BCUT2D eigenvalue weighted by Crippen LogP contribution is 2.21. The van der Waals surface area contributed by atoms with Crippen LogP contribution in [-0.2, 0) is 6.54 Å². The van der Waals surface area contributed by atoms with Crippen molar-refractivity contribution in [2.45, 2.75) is 6.54 Å².